The number of hydrogen-bond acceptors (Lipinski definition) is 3. The summed E-state index contributed by atoms with van der Waals surface area (Å²) in [6, 6.07) is 59.5. The SMILES string of the molecule is N#Cc1cc(-c2ccccc2-n2c3ccccc3c3cc4c(cc32)oc2ccccc24)cc(-n2c3ccccc3c3cc4c(cc32)oc2ccccc24)c1. The molecule has 0 aliphatic heterocycles. The predicted octanol–water partition coefficient (Wildman–Crippen LogP) is 13.2. The summed E-state index contributed by atoms with van der Waals surface area (Å²) in [5.41, 5.74) is 12.2. The molecule has 8 aromatic carbocycles. The smallest absolute Gasteiger partial charge is 0.137 e. The van der Waals surface area contributed by atoms with E-state index in [0.29, 0.717) is 5.56 Å². The number of fused-ring (bicyclic) bond motifs is 12. The van der Waals surface area contributed by atoms with Crippen LogP contribution >= 0.6 is 0 Å². The lowest BCUT2D eigenvalue weighted by Crippen LogP contribution is -1.99. The monoisotopic (exact) mass is 689 g/mol. The molecule has 54 heavy (non-hydrogen) atoms. The zero-order valence-corrected chi connectivity index (χ0v) is 28.7. The maximum atomic E-state index is 10.5. The molecule has 0 radical (unpaired) electrons. The van der Waals surface area contributed by atoms with Crippen molar-refractivity contribution in [2.45, 2.75) is 0 Å². The number of aromatic nitrogens is 2. The third kappa shape index (κ3) is 3.97. The summed E-state index contributed by atoms with van der Waals surface area (Å²) >= 11 is 0. The molecule has 5 nitrogen and oxygen atoms in total. The number of para-hydroxylation sites is 5. The van der Waals surface area contributed by atoms with Crippen molar-refractivity contribution in [1.82, 2.24) is 9.13 Å². The van der Waals surface area contributed by atoms with E-state index in [0.717, 1.165) is 105 Å². The first kappa shape index (κ1) is 29.1. The van der Waals surface area contributed by atoms with Gasteiger partial charge in [-0.2, -0.15) is 5.26 Å². The maximum absolute atomic E-state index is 10.5. The van der Waals surface area contributed by atoms with Crippen LogP contribution in [0.5, 0.6) is 0 Å². The second-order valence-corrected chi connectivity index (χ2v) is 14.0. The predicted molar refractivity (Wildman–Crippen MR) is 220 cm³/mol. The molecule has 12 rings (SSSR count). The van der Waals surface area contributed by atoms with E-state index >= 15 is 0 Å². The summed E-state index contributed by atoms with van der Waals surface area (Å²) in [5, 5.41) is 19.5. The Morgan fingerprint density at radius 3 is 1.54 bits per heavy atom. The molecule has 12 aromatic rings. The van der Waals surface area contributed by atoms with E-state index < -0.39 is 0 Å². The summed E-state index contributed by atoms with van der Waals surface area (Å²) in [6.07, 6.45) is 0. The van der Waals surface area contributed by atoms with Crippen LogP contribution < -0.4 is 0 Å². The normalized spacial score (nSPS) is 12.1. The Bertz CT molecular complexity index is 3590. The van der Waals surface area contributed by atoms with Crippen LogP contribution in [0.3, 0.4) is 0 Å². The topological polar surface area (TPSA) is 59.9 Å². The Morgan fingerprint density at radius 1 is 0.389 bits per heavy atom. The fourth-order valence-electron chi connectivity index (χ4n) is 8.79. The lowest BCUT2D eigenvalue weighted by molar-refractivity contribution is 0.669. The van der Waals surface area contributed by atoms with Gasteiger partial charge in [0.2, 0.25) is 0 Å². The van der Waals surface area contributed by atoms with E-state index in [1.165, 1.54) is 5.39 Å². The third-order valence-electron chi connectivity index (χ3n) is 11.1. The van der Waals surface area contributed by atoms with Crippen LogP contribution in [0.15, 0.2) is 173 Å². The molecule has 0 unspecified atom stereocenters. The maximum Gasteiger partial charge on any atom is 0.137 e. The molecule has 0 fully saturated rings. The quantitative estimate of drug-likeness (QED) is 0.185. The molecule has 250 valence electrons. The van der Waals surface area contributed by atoms with E-state index in [-0.39, 0.29) is 0 Å². The van der Waals surface area contributed by atoms with Crippen molar-refractivity contribution in [2.24, 2.45) is 0 Å². The Morgan fingerprint density at radius 2 is 0.907 bits per heavy atom. The second kappa shape index (κ2) is 10.7. The molecule has 0 saturated carbocycles. The highest BCUT2D eigenvalue weighted by Crippen LogP contribution is 2.42. The molecule has 0 aliphatic carbocycles. The van der Waals surface area contributed by atoms with E-state index in [1.54, 1.807) is 0 Å². The van der Waals surface area contributed by atoms with Crippen LogP contribution in [0.25, 0.3) is 110 Å². The van der Waals surface area contributed by atoms with Gasteiger partial charge in [0.1, 0.15) is 22.3 Å². The summed E-state index contributed by atoms with van der Waals surface area (Å²) in [6.45, 7) is 0. The first-order chi connectivity index (χ1) is 26.7. The van der Waals surface area contributed by atoms with Crippen molar-refractivity contribution in [3.8, 4) is 28.6 Å². The number of hydrogen-bond donors (Lipinski definition) is 0. The van der Waals surface area contributed by atoms with Crippen molar-refractivity contribution < 1.29 is 8.83 Å². The zero-order valence-electron chi connectivity index (χ0n) is 28.7. The van der Waals surface area contributed by atoms with Crippen molar-refractivity contribution in [2.75, 3.05) is 0 Å². The van der Waals surface area contributed by atoms with E-state index in [4.69, 9.17) is 8.83 Å². The Kier molecular flexibility index (Phi) is 5.78. The van der Waals surface area contributed by atoms with Crippen LogP contribution in [-0.4, -0.2) is 9.13 Å². The summed E-state index contributed by atoms with van der Waals surface area (Å²) in [7, 11) is 0. The Hall–Kier alpha value is -7.55. The Balaban J connectivity index is 1.12. The van der Waals surface area contributed by atoms with Gasteiger partial charge in [-0.05, 0) is 66.2 Å². The molecule has 4 aromatic heterocycles. The van der Waals surface area contributed by atoms with Gasteiger partial charge in [0.15, 0.2) is 0 Å². The standard InChI is InChI=1S/C49H27N3O2/c50-28-29-21-30(23-31(22-29)51-42-17-7-2-12-33(42)37-24-39-35-14-4-9-19-46(35)53-48(39)26-44(37)51)32-11-1-6-16-41(32)52-43-18-8-3-13-34(43)38-25-40-36-15-5-10-20-47(36)54-49(40)27-45(38)52/h1-27H. The minimum absolute atomic E-state index is 0.583. The van der Waals surface area contributed by atoms with Gasteiger partial charge in [-0.3, -0.25) is 0 Å². The van der Waals surface area contributed by atoms with Crippen LogP contribution in [0.4, 0.5) is 0 Å². The van der Waals surface area contributed by atoms with Crippen molar-refractivity contribution in [3.05, 3.63) is 169 Å². The highest BCUT2D eigenvalue weighted by Gasteiger charge is 2.21. The van der Waals surface area contributed by atoms with Crippen molar-refractivity contribution in [1.29, 1.82) is 5.26 Å². The van der Waals surface area contributed by atoms with Gasteiger partial charge in [0.05, 0.1) is 39.4 Å². The molecule has 4 heterocycles. The molecule has 0 aliphatic rings. The zero-order chi connectivity index (χ0) is 35.5. The number of furan rings is 2. The van der Waals surface area contributed by atoms with E-state index in [2.05, 4.69) is 143 Å². The molecule has 0 saturated heterocycles. The first-order valence-corrected chi connectivity index (χ1v) is 18.1. The lowest BCUT2D eigenvalue weighted by atomic mass is 10.00. The fraction of sp³-hybridized carbons (Fsp3) is 0. The number of nitrogens with zero attached hydrogens (tertiary/aromatic N) is 3. The van der Waals surface area contributed by atoms with Crippen LogP contribution in [-0.2, 0) is 0 Å². The minimum Gasteiger partial charge on any atom is -0.456 e. The molecule has 0 spiro atoms. The molecule has 0 N–H and O–H groups in total. The van der Waals surface area contributed by atoms with Gasteiger partial charge in [0, 0.05) is 66.5 Å². The van der Waals surface area contributed by atoms with Crippen LogP contribution in [0.2, 0.25) is 0 Å². The molecule has 5 heteroatoms. The molecular weight excluding hydrogens is 663 g/mol. The average Bonchev–Trinajstić information content (AvgIpc) is 3.96. The number of nitriles is 1. The van der Waals surface area contributed by atoms with Gasteiger partial charge >= 0.3 is 0 Å². The first-order valence-electron chi connectivity index (χ1n) is 18.1. The van der Waals surface area contributed by atoms with Gasteiger partial charge < -0.3 is 18.0 Å². The fourth-order valence-corrected chi connectivity index (χ4v) is 8.79. The summed E-state index contributed by atoms with van der Waals surface area (Å²) < 4.78 is 17.4. The molecule has 0 atom stereocenters. The summed E-state index contributed by atoms with van der Waals surface area (Å²) in [4.78, 5) is 0. The highest BCUT2D eigenvalue weighted by atomic mass is 16.3. The van der Waals surface area contributed by atoms with Crippen molar-refractivity contribution in [3.63, 3.8) is 0 Å². The summed E-state index contributed by atoms with van der Waals surface area (Å²) in [5.74, 6) is 0. The average molecular weight is 690 g/mol. The number of benzene rings is 8. The number of rotatable bonds is 3. The van der Waals surface area contributed by atoms with E-state index in [1.807, 2.05) is 36.4 Å². The Labute approximate surface area is 307 Å². The largest absolute Gasteiger partial charge is 0.456 e. The van der Waals surface area contributed by atoms with Crippen molar-refractivity contribution >= 4 is 87.5 Å². The highest BCUT2D eigenvalue weighted by molar-refractivity contribution is 6.19. The second-order valence-electron chi connectivity index (χ2n) is 14.0. The van der Waals surface area contributed by atoms with Crippen LogP contribution in [0, 0.1) is 11.3 Å². The van der Waals surface area contributed by atoms with Gasteiger partial charge in [-0.15, -0.1) is 0 Å². The minimum atomic E-state index is 0.583. The molecular formula is C49H27N3O2. The van der Waals surface area contributed by atoms with Gasteiger partial charge in [-0.1, -0.05) is 91.0 Å². The molecule has 0 bridgehead atoms. The third-order valence-corrected chi connectivity index (χ3v) is 11.1. The van der Waals surface area contributed by atoms with Crippen LogP contribution in [0.1, 0.15) is 5.56 Å². The van der Waals surface area contributed by atoms with Gasteiger partial charge in [0.25, 0.3) is 0 Å². The lowest BCUT2D eigenvalue weighted by Gasteiger charge is -2.16. The van der Waals surface area contributed by atoms with Gasteiger partial charge in [-0.25, -0.2) is 0 Å². The molecule has 0 amide bonds. The van der Waals surface area contributed by atoms with E-state index in [9.17, 15) is 5.26 Å².